The van der Waals surface area contributed by atoms with Crippen LogP contribution in [0.2, 0.25) is 0 Å². The number of phenols is 1. The Morgan fingerprint density at radius 3 is 1.47 bits per heavy atom. The van der Waals surface area contributed by atoms with Crippen molar-refractivity contribution < 1.29 is 39.9 Å². The van der Waals surface area contributed by atoms with Gasteiger partial charge in [0, 0.05) is 0 Å². The number of primary sulfonamides is 1. The predicted octanol–water partition coefficient (Wildman–Crippen LogP) is 2.08. The van der Waals surface area contributed by atoms with Crippen molar-refractivity contribution in [3.8, 4) is 5.75 Å². The third kappa shape index (κ3) is 3.29. The topological polar surface area (TPSA) is 80.4 Å². The average molecular weight is 309 g/mol. The van der Waals surface area contributed by atoms with Crippen molar-refractivity contribution in [2.24, 2.45) is 5.14 Å². The van der Waals surface area contributed by atoms with E-state index < -0.39 is 44.1 Å². The van der Waals surface area contributed by atoms with Crippen molar-refractivity contribution in [3.63, 3.8) is 0 Å². The third-order valence-corrected chi connectivity index (χ3v) is 2.92. The Kier molecular flexibility index (Phi) is 3.50. The highest BCUT2D eigenvalue weighted by Gasteiger charge is 2.42. The van der Waals surface area contributed by atoms with Crippen molar-refractivity contribution in [1.82, 2.24) is 0 Å². The molecule has 11 heteroatoms. The highest BCUT2D eigenvalue weighted by Crippen LogP contribution is 2.44. The van der Waals surface area contributed by atoms with Gasteiger partial charge in [0.25, 0.3) is 0 Å². The maximum atomic E-state index is 12.4. The van der Waals surface area contributed by atoms with Gasteiger partial charge < -0.3 is 5.11 Å². The fourth-order valence-corrected chi connectivity index (χ4v) is 1.77. The van der Waals surface area contributed by atoms with Gasteiger partial charge in [-0.25, -0.2) is 13.6 Å². The number of benzene rings is 1. The lowest BCUT2D eigenvalue weighted by molar-refractivity contribution is -0.145. The van der Waals surface area contributed by atoms with E-state index in [2.05, 4.69) is 5.14 Å². The first-order valence-electron chi connectivity index (χ1n) is 4.29. The normalized spacial score (nSPS) is 13.6. The molecule has 0 unspecified atom stereocenters. The molecule has 0 aliphatic carbocycles. The quantitative estimate of drug-likeness (QED) is 0.779. The molecule has 0 aromatic heterocycles. The van der Waals surface area contributed by atoms with Gasteiger partial charge in [0.05, 0.1) is 16.0 Å². The number of aromatic hydroxyl groups is 1. The summed E-state index contributed by atoms with van der Waals surface area (Å²) in [6.07, 6.45) is -10.7. The van der Waals surface area contributed by atoms with Gasteiger partial charge in [0.2, 0.25) is 10.0 Å². The summed E-state index contributed by atoms with van der Waals surface area (Å²) in [4.78, 5) is -1.40. The summed E-state index contributed by atoms with van der Waals surface area (Å²) in [6, 6.07) is -0.334. The zero-order chi connectivity index (χ0) is 15.2. The standard InChI is InChI=1S/C8H5F6NO3S/c9-7(10,11)4-1-3(19(15,17)18)2-5(6(4)16)8(12,13)14/h1-2,16H,(H2,15,17,18). The fourth-order valence-electron chi connectivity index (χ4n) is 1.20. The molecule has 1 aromatic rings. The molecule has 0 heterocycles. The molecule has 0 aliphatic heterocycles. The Hall–Kier alpha value is -1.49. The Bertz CT molecular complexity index is 569. The summed E-state index contributed by atoms with van der Waals surface area (Å²) < 4.78 is 96.3. The zero-order valence-corrected chi connectivity index (χ0v) is 9.49. The van der Waals surface area contributed by atoms with Crippen molar-refractivity contribution in [2.45, 2.75) is 17.2 Å². The molecule has 108 valence electrons. The van der Waals surface area contributed by atoms with Crippen LogP contribution in [0.15, 0.2) is 17.0 Å². The van der Waals surface area contributed by atoms with Crippen LogP contribution in [0.1, 0.15) is 11.1 Å². The highest BCUT2D eigenvalue weighted by molar-refractivity contribution is 7.89. The maximum absolute atomic E-state index is 12.4. The van der Waals surface area contributed by atoms with Gasteiger partial charge in [-0.15, -0.1) is 0 Å². The number of nitrogens with two attached hydrogens (primary N) is 1. The zero-order valence-electron chi connectivity index (χ0n) is 8.67. The number of hydrogen-bond donors (Lipinski definition) is 2. The molecule has 0 bridgehead atoms. The van der Waals surface area contributed by atoms with E-state index in [1.807, 2.05) is 0 Å². The molecular formula is C8H5F6NO3S. The molecule has 3 N–H and O–H groups in total. The van der Waals surface area contributed by atoms with Gasteiger partial charge in [-0.1, -0.05) is 0 Å². The Labute approximate surface area is 102 Å². The summed E-state index contributed by atoms with van der Waals surface area (Å²) in [6.45, 7) is 0. The van der Waals surface area contributed by atoms with E-state index >= 15 is 0 Å². The molecule has 0 spiro atoms. The van der Waals surface area contributed by atoms with Crippen LogP contribution in [-0.4, -0.2) is 13.5 Å². The third-order valence-electron chi connectivity index (χ3n) is 2.02. The number of rotatable bonds is 1. The Balaban J connectivity index is 3.78. The van der Waals surface area contributed by atoms with Crippen molar-refractivity contribution in [3.05, 3.63) is 23.3 Å². The Morgan fingerprint density at radius 1 is 0.947 bits per heavy atom. The lowest BCUT2D eigenvalue weighted by atomic mass is 10.1. The van der Waals surface area contributed by atoms with Gasteiger partial charge in [0.15, 0.2) is 0 Å². The lowest BCUT2D eigenvalue weighted by Crippen LogP contribution is -2.17. The number of halogens is 6. The largest absolute Gasteiger partial charge is 0.507 e. The van der Waals surface area contributed by atoms with E-state index in [9.17, 15) is 34.8 Å². The van der Waals surface area contributed by atoms with Crippen molar-refractivity contribution >= 4 is 10.0 Å². The van der Waals surface area contributed by atoms with Crippen LogP contribution in [0.5, 0.6) is 5.75 Å². The second kappa shape index (κ2) is 4.27. The smallest absolute Gasteiger partial charge is 0.420 e. The molecule has 19 heavy (non-hydrogen) atoms. The highest BCUT2D eigenvalue weighted by atomic mass is 32.2. The number of alkyl halides is 6. The minimum atomic E-state index is -5.37. The van der Waals surface area contributed by atoms with Gasteiger partial charge >= 0.3 is 12.4 Å². The van der Waals surface area contributed by atoms with Gasteiger partial charge in [-0.3, -0.25) is 0 Å². The molecule has 0 saturated heterocycles. The summed E-state index contributed by atoms with van der Waals surface area (Å²) in [5.74, 6) is -2.10. The van der Waals surface area contributed by atoms with Gasteiger partial charge in [-0.2, -0.15) is 26.3 Å². The SMILES string of the molecule is NS(=O)(=O)c1cc(C(F)(F)F)c(O)c(C(F)(F)F)c1. The van der Waals surface area contributed by atoms with Crippen LogP contribution < -0.4 is 5.14 Å². The van der Waals surface area contributed by atoms with Crippen LogP contribution >= 0.6 is 0 Å². The molecule has 0 aliphatic rings. The molecule has 4 nitrogen and oxygen atoms in total. The molecule has 0 atom stereocenters. The first-order valence-corrected chi connectivity index (χ1v) is 5.83. The van der Waals surface area contributed by atoms with Crippen LogP contribution in [0.4, 0.5) is 26.3 Å². The number of sulfonamides is 1. The number of hydrogen-bond acceptors (Lipinski definition) is 3. The van der Waals surface area contributed by atoms with E-state index in [4.69, 9.17) is 5.11 Å². The average Bonchev–Trinajstić information content (AvgIpc) is 2.11. The Morgan fingerprint density at radius 2 is 1.26 bits per heavy atom. The first kappa shape index (κ1) is 15.6. The second-order valence-electron chi connectivity index (χ2n) is 3.41. The van der Waals surface area contributed by atoms with Crippen LogP contribution in [-0.2, 0) is 22.4 Å². The molecule has 0 saturated carbocycles. The minimum absolute atomic E-state index is 0.167. The first-order chi connectivity index (χ1) is 8.24. The summed E-state index contributed by atoms with van der Waals surface area (Å²) in [5, 5.41) is 13.5. The summed E-state index contributed by atoms with van der Waals surface area (Å²) in [5.41, 5.74) is -4.27. The van der Waals surface area contributed by atoms with Crippen molar-refractivity contribution in [2.75, 3.05) is 0 Å². The second-order valence-corrected chi connectivity index (χ2v) is 4.97. The van der Waals surface area contributed by atoms with E-state index in [1.54, 1.807) is 0 Å². The molecule has 0 amide bonds. The van der Waals surface area contributed by atoms with Crippen LogP contribution in [0, 0.1) is 0 Å². The summed E-state index contributed by atoms with van der Waals surface area (Å²) in [7, 11) is -4.80. The maximum Gasteiger partial charge on any atom is 0.420 e. The monoisotopic (exact) mass is 309 g/mol. The molecule has 1 rings (SSSR count). The summed E-state index contributed by atoms with van der Waals surface area (Å²) >= 11 is 0. The number of phenolic OH excluding ortho intramolecular Hbond substituents is 1. The molecule has 0 radical (unpaired) electrons. The minimum Gasteiger partial charge on any atom is -0.507 e. The molecule has 0 fully saturated rings. The van der Waals surface area contributed by atoms with Crippen LogP contribution in [0.25, 0.3) is 0 Å². The lowest BCUT2D eigenvalue weighted by Gasteiger charge is -2.16. The van der Waals surface area contributed by atoms with Crippen molar-refractivity contribution in [1.29, 1.82) is 0 Å². The van der Waals surface area contributed by atoms with E-state index in [-0.39, 0.29) is 12.1 Å². The van der Waals surface area contributed by atoms with Crippen LogP contribution in [0.3, 0.4) is 0 Å². The molecule has 1 aromatic carbocycles. The fraction of sp³-hybridized carbons (Fsp3) is 0.250. The van der Waals surface area contributed by atoms with E-state index in [0.717, 1.165) is 0 Å². The van der Waals surface area contributed by atoms with E-state index in [0.29, 0.717) is 0 Å². The van der Waals surface area contributed by atoms with Gasteiger partial charge in [-0.05, 0) is 12.1 Å². The predicted molar refractivity (Wildman–Crippen MR) is 49.5 cm³/mol. The van der Waals surface area contributed by atoms with Gasteiger partial charge in [0.1, 0.15) is 5.75 Å². The van der Waals surface area contributed by atoms with E-state index in [1.165, 1.54) is 0 Å². The molecular weight excluding hydrogens is 304 g/mol.